The van der Waals surface area contributed by atoms with Gasteiger partial charge in [-0.2, -0.15) is 0 Å². The maximum Gasteiger partial charge on any atom is 0.258 e. The van der Waals surface area contributed by atoms with E-state index in [1.165, 1.54) is 0 Å². The van der Waals surface area contributed by atoms with E-state index >= 15 is 0 Å². The molecule has 0 bridgehead atoms. The Bertz CT molecular complexity index is 793. The van der Waals surface area contributed by atoms with Crippen LogP contribution < -0.4 is 19.9 Å². The van der Waals surface area contributed by atoms with Crippen molar-refractivity contribution in [1.29, 1.82) is 0 Å². The van der Waals surface area contributed by atoms with Gasteiger partial charge in [0.15, 0.2) is 5.82 Å². The summed E-state index contributed by atoms with van der Waals surface area (Å²) in [6.45, 7) is 8.27. The number of rotatable bonds is 11. The molecule has 1 aromatic carbocycles. The molecule has 160 valence electrons. The number of aromatic nitrogens is 2. The summed E-state index contributed by atoms with van der Waals surface area (Å²) < 4.78 is 17.9. The van der Waals surface area contributed by atoms with Gasteiger partial charge in [-0.25, -0.2) is 9.97 Å². The molecule has 0 fully saturated rings. The van der Waals surface area contributed by atoms with Gasteiger partial charge in [-0.05, 0) is 48.7 Å². The molecule has 2 rings (SSSR count). The normalized spacial score (nSPS) is 11.2. The highest BCUT2D eigenvalue weighted by molar-refractivity contribution is 9.10. The molecule has 0 saturated carbocycles. The molecule has 1 heterocycles. The fourth-order valence-corrected chi connectivity index (χ4v) is 3.50. The van der Waals surface area contributed by atoms with Crippen molar-refractivity contribution in [3.63, 3.8) is 0 Å². The standard InChI is InChI=1S/C22H32BrN3O3/c1-6-8-16(9-7-2)29-22-21(24)25-18(20(23)26-22)12-15-10-11-17(28-14(3)4)13-19(15)27-5/h10-11,13-14,16H,6-9,12H2,1-5H3,(H2,24,25). The van der Waals surface area contributed by atoms with Gasteiger partial charge in [0.25, 0.3) is 5.88 Å². The first-order valence-electron chi connectivity index (χ1n) is 10.2. The molecular formula is C22H32BrN3O3. The molecule has 0 radical (unpaired) electrons. The zero-order valence-electron chi connectivity index (χ0n) is 18.0. The number of benzene rings is 1. The zero-order chi connectivity index (χ0) is 21.4. The van der Waals surface area contributed by atoms with Gasteiger partial charge in [-0.1, -0.05) is 32.8 Å². The molecule has 0 aliphatic heterocycles. The third-order valence-corrected chi connectivity index (χ3v) is 5.04. The molecule has 0 atom stereocenters. The third kappa shape index (κ3) is 6.77. The average molecular weight is 466 g/mol. The molecular weight excluding hydrogens is 434 g/mol. The smallest absolute Gasteiger partial charge is 0.258 e. The second-order valence-corrected chi connectivity index (χ2v) is 8.04. The highest BCUT2D eigenvalue weighted by atomic mass is 79.9. The Morgan fingerprint density at radius 1 is 1.07 bits per heavy atom. The lowest BCUT2D eigenvalue weighted by molar-refractivity contribution is 0.171. The molecule has 0 saturated heterocycles. The van der Waals surface area contributed by atoms with Gasteiger partial charge in [-0.3, -0.25) is 0 Å². The van der Waals surface area contributed by atoms with Crippen LogP contribution in [0.25, 0.3) is 0 Å². The van der Waals surface area contributed by atoms with Crippen molar-refractivity contribution in [3.8, 4) is 17.4 Å². The van der Waals surface area contributed by atoms with E-state index in [9.17, 15) is 0 Å². The first-order chi connectivity index (χ1) is 13.9. The minimum absolute atomic E-state index is 0.0992. The number of nitrogens with zero attached hydrogens (tertiary/aromatic N) is 2. The lowest BCUT2D eigenvalue weighted by Crippen LogP contribution is -2.18. The molecule has 0 unspecified atom stereocenters. The van der Waals surface area contributed by atoms with Crippen LogP contribution in [0.5, 0.6) is 17.4 Å². The van der Waals surface area contributed by atoms with E-state index in [0.29, 0.717) is 22.7 Å². The highest BCUT2D eigenvalue weighted by Gasteiger charge is 2.17. The highest BCUT2D eigenvalue weighted by Crippen LogP contribution is 2.31. The Kier molecular flexibility index (Phi) is 9.01. The van der Waals surface area contributed by atoms with Crippen molar-refractivity contribution >= 4 is 21.7 Å². The molecule has 2 aromatic rings. The molecule has 29 heavy (non-hydrogen) atoms. The summed E-state index contributed by atoms with van der Waals surface area (Å²) in [6.07, 6.45) is 4.76. The lowest BCUT2D eigenvalue weighted by Gasteiger charge is -2.19. The van der Waals surface area contributed by atoms with Crippen LogP contribution in [0.15, 0.2) is 22.8 Å². The predicted octanol–water partition coefficient (Wildman–Crippen LogP) is 5.56. The number of methoxy groups -OCH3 is 1. The molecule has 0 aliphatic carbocycles. The van der Waals surface area contributed by atoms with E-state index in [2.05, 4.69) is 39.7 Å². The first kappa shape index (κ1) is 23.3. The number of ether oxygens (including phenoxy) is 3. The van der Waals surface area contributed by atoms with Crippen LogP contribution >= 0.6 is 15.9 Å². The summed E-state index contributed by atoms with van der Waals surface area (Å²) in [5.41, 5.74) is 7.87. The molecule has 1 aromatic heterocycles. The van der Waals surface area contributed by atoms with Gasteiger partial charge in [0.05, 0.1) is 18.9 Å². The SMILES string of the molecule is CCCC(CCC)Oc1nc(Br)c(Cc2ccc(OC(C)C)cc2OC)nc1N. The first-order valence-corrected chi connectivity index (χ1v) is 11.0. The summed E-state index contributed by atoms with van der Waals surface area (Å²) >= 11 is 3.53. The van der Waals surface area contributed by atoms with Crippen molar-refractivity contribution in [1.82, 2.24) is 9.97 Å². The molecule has 6 nitrogen and oxygen atoms in total. The van der Waals surface area contributed by atoms with Crippen molar-refractivity contribution in [2.75, 3.05) is 12.8 Å². The summed E-state index contributed by atoms with van der Waals surface area (Å²) in [5, 5.41) is 0. The maximum absolute atomic E-state index is 6.16. The summed E-state index contributed by atoms with van der Waals surface area (Å²) in [5.74, 6) is 2.20. The number of halogens is 1. The van der Waals surface area contributed by atoms with E-state index in [1.54, 1.807) is 7.11 Å². The van der Waals surface area contributed by atoms with Gasteiger partial charge in [0.2, 0.25) is 0 Å². The summed E-state index contributed by atoms with van der Waals surface area (Å²) in [4.78, 5) is 9.07. The van der Waals surface area contributed by atoms with Crippen LogP contribution in [0.1, 0.15) is 64.6 Å². The number of hydrogen-bond acceptors (Lipinski definition) is 6. The number of nitrogen functional groups attached to an aromatic ring is 1. The fraction of sp³-hybridized carbons (Fsp3) is 0.545. The minimum atomic E-state index is 0.0992. The van der Waals surface area contributed by atoms with Crippen LogP contribution in [0.4, 0.5) is 5.82 Å². The van der Waals surface area contributed by atoms with Gasteiger partial charge in [0, 0.05) is 18.1 Å². The van der Waals surface area contributed by atoms with E-state index in [-0.39, 0.29) is 12.2 Å². The number of anilines is 1. The van der Waals surface area contributed by atoms with Crippen molar-refractivity contribution in [3.05, 3.63) is 34.1 Å². The van der Waals surface area contributed by atoms with E-state index in [0.717, 1.165) is 48.4 Å². The summed E-state index contributed by atoms with van der Waals surface area (Å²) in [6, 6.07) is 5.79. The van der Waals surface area contributed by atoms with Crippen molar-refractivity contribution in [2.24, 2.45) is 0 Å². The van der Waals surface area contributed by atoms with E-state index in [4.69, 9.17) is 19.9 Å². The predicted molar refractivity (Wildman–Crippen MR) is 120 cm³/mol. The maximum atomic E-state index is 6.16. The largest absolute Gasteiger partial charge is 0.496 e. The van der Waals surface area contributed by atoms with Gasteiger partial charge in [0.1, 0.15) is 22.2 Å². The van der Waals surface area contributed by atoms with Crippen LogP contribution in [0.2, 0.25) is 0 Å². The minimum Gasteiger partial charge on any atom is -0.496 e. The van der Waals surface area contributed by atoms with Crippen LogP contribution in [-0.4, -0.2) is 29.3 Å². The molecule has 0 aliphatic rings. The monoisotopic (exact) mass is 465 g/mol. The zero-order valence-corrected chi connectivity index (χ0v) is 19.6. The molecule has 0 spiro atoms. The topological polar surface area (TPSA) is 79.5 Å². The second kappa shape index (κ2) is 11.2. The second-order valence-electron chi connectivity index (χ2n) is 7.29. The van der Waals surface area contributed by atoms with Gasteiger partial charge < -0.3 is 19.9 Å². The lowest BCUT2D eigenvalue weighted by atomic mass is 10.1. The van der Waals surface area contributed by atoms with Crippen LogP contribution in [0, 0.1) is 0 Å². The van der Waals surface area contributed by atoms with Gasteiger partial charge >= 0.3 is 0 Å². The van der Waals surface area contributed by atoms with Crippen molar-refractivity contribution in [2.45, 2.75) is 72.0 Å². The van der Waals surface area contributed by atoms with Crippen LogP contribution in [-0.2, 0) is 6.42 Å². The molecule has 7 heteroatoms. The molecule has 2 N–H and O–H groups in total. The fourth-order valence-electron chi connectivity index (χ4n) is 3.11. The Morgan fingerprint density at radius 3 is 2.34 bits per heavy atom. The van der Waals surface area contributed by atoms with Crippen LogP contribution in [0.3, 0.4) is 0 Å². The summed E-state index contributed by atoms with van der Waals surface area (Å²) in [7, 11) is 1.64. The molecule has 0 amide bonds. The Morgan fingerprint density at radius 2 is 1.76 bits per heavy atom. The van der Waals surface area contributed by atoms with E-state index in [1.807, 2.05) is 32.0 Å². The van der Waals surface area contributed by atoms with E-state index < -0.39 is 0 Å². The number of nitrogens with two attached hydrogens (primary N) is 1. The van der Waals surface area contributed by atoms with Crippen molar-refractivity contribution < 1.29 is 14.2 Å². The quantitative estimate of drug-likeness (QED) is 0.468. The van der Waals surface area contributed by atoms with Gasteiger partial charge in [-0.15, -0.1) is 0 Å². The Balaban J connectivity index is 2.22. The average Bonchev–Trinajstić information content (AvgIpc) is 2.66. The third-order valence-electron chi connectivity index (χ3n) is 4.40. The Hall–Kier alpha value is -2.02. The Labute approximate surface area is 182 Å². The number of hydrogen-bond donors (Lipinski definition) is 1.